The van der Waals surface area contributed by atoms with Gasteiger partial charge in [-0.3, -0.25) is 4.79 Å². The number of benzene rings is 1. The largest absolute Gasteiger partial charge is 0.381 e. The minimum atomic E-state index is -0.448. The summed E-state index contributed by atoms with van der Waals surface area (Å²) in [6.07, 6.45) is 5.99. The van der Waals surface area contributed by atoms with E-state index in [-0.39, 0.29) is 11.9 Å². The second-order valence-electron chi connectivity index (χ2n) is 6.64. The van der Waals surface area contributed by atoms with Crippen molar-refractivity contribution in [3.05, 3.63) is 48.3 Å². The number of rotatable bonds is 3. The number of aromatic nitrogens is 3. The zero-order chi connectivity index (χ0) is 16.4. The fourth-order valence-electron chi connectivity index (χ4n) is 3.96. The van der Waals surface area contributed by atoms with E-state index in [2.05, 4.69) is 22.4 Å². The molecule has 6 heteroatoms. The smallest absolute Gasteiger partial charge is 0.233 e. The maximum atomic E-state index is 13.5. The molecule has 2 aromatic rings. The van der Waals surface area contributed by atoms with Crippen molar-refractivity contribution in [2.45, 2.75) is 30.7 Å². The number of amides is 1. The van der Waals surface area contributed by atoms with Gasteiger partial charge in [-0.1, -0.05) is 35.5 Å². The lowest BCUT2D eigenvalue weighted by molar-refractivity contribution is -0.140. The molecule has 0 spiro atoms. The summed E-state index contributed by atoms with van der Waals surface area (Å²) in [6.45, 7) is 2.76. The normalized spacial score (nSPS) is 23.3. The van der Waals surface area contributed by atoms with Crippen molar-refractivity contribution in [2.24, 2.45) is 0 Å². The molecule has 0 unspecified atom stereocenters. The lowest BCUT2D eigenvalue weighted by atomic mass is 9.73. The summed E-state index contributed by atoms with van der Waals surface area (Å²) in [5.74, 6) is 0.236. The number of nitrogens with zero attached hydrogens (tertiary/aromatic N) is 4. The highest BCUT2D eigenvalue weighted by Gasteiger charge is 2.45. The molecule has 2 saturated heterocycles. The van der Waals surface area contributed by atoms with E-state index in [1.807, 2.05) is 34.0 Å². The summed E-state index contributed by atoms with van der Waals surface area (Å²) in [5.41, 5.74) is 0.666. The number of hydrogen-bond donors (Lipinski definition) is 0. The average molecular weight is 326 g/mol. The molecule has 1 aromatic heterocycles. The lowest BCUT2D eigenvalue weighted by Crippen LogP contribution is -2.49. The third kappa shape index (κ3) is 2.60. The molecule has 0 bridgehead atoms. The third-order valence-electron chi connectivity index (χ3n) is 5.35. The molecule has 6 nitrogen and oxygen atoms in total. The minimum Gasteiger partial charge on any atom is -0.381 e. The Balaban J connectivity index is 1.58. The van der Waals surface area contributed by atoms with E-state index in [0.717, 1.165) is 31.4 Å². The predicted octanol–water partition coefficient (Wildman–Crippen LogP) is 1.80. The first-order valence-electron chi connectivity index (χ1n) is 8.58. The number of hydrogen-bond acceptors (Lipinski definition) is 4. The van der Waals surface area contributed by atoms with Gasteiger partial charge in [-0.2, -0.15) is 0 Å². The van der Waals surface area contributed by atoms with Crippen LogP contribution in [0.2, 0.25) is 0 Å². The van der Waals surface area contributed by atoms with Crippen LogP contribution in [0.25, 0.3) is 0 Å². The molecule has 126 valence electrons. The lowest BCUT2D eigenvalue weighted by Gasteiger charge is -2.39. The maximum absolute atomic E-state index is 13.5. The Morgan fingerprint density at radius 3 is 2.71 bits per heavy atom. The summed E-state index contributed by atoms with van der Waals surface area (Å²) < 4.78 is 7.41. The number of carbonyl (C=O) groups is 1. The molecular formula is C18H22N4O2. The van der Waals surface area contributed by atoms with Crippen molar-refractivity contribution >= 4 is 5.91 Å². The van der Waals surface area contributed by atoms with Gasteiger partial charge in [-0.15, -0.1) is 5.10 Å². The number of ether oxygens (including phenoxy) is 1. The molecule has 2 aliphatic rings. The van der Waals surface area contributed by atoms with Gasteiger partial charge >= 0.3 is 0 Å². The van der Waals surface area contributed by atoms with Crippen LogP contribution in [0.4, 0.5) is 0 Å². The van der Waals surface area contributed by atoms with Gasteiger partial charge in [-0.05, 0) is 24.8 Å². The highest BCUT2D eigenvalue weighted by atomic mass is 16.5. The number of likely N-dealkylation sites (tertiary alicyclic amines) is 1. The Hall–Kier alpha value is -2.21. The van der Waals surface area contributed by atoms with Crippen molar-refractivity contribution in [1.82, 2.24) is 19.9 Å². The van der Waals surface area contributed by atoms with Gasteiger partial charge in [0.2, 0.25) is 5.91 Å². The molecule has 1 amide bonds. The maximum Gasteiger partial charge on any atom is 0.233 e. The summed E-state index contributed by atoms with van der Waals surface area (Å²) >= 11 is 0. The van der Waals surface area contributed by atoms with Gasteiger partial charge in [0.25, 0.3) is 0 Å². The second kappa shape index (κ2) is 6.36. The van der Waals surface area contributed by atoms with Crippen LogP contribution in [0.3, 0.4) is 0 Å². The summed E-state index contributed by atoms with van der Waals surface area (Å²) in [6, 6.07) is 10.4. The zero-order valence-electron chi connectivity index (χ0n) is 13.7. The molecule has 0 radical (unpaired) electrons. The standard InChI is InChI=1S/C18H22N4O2/c23-17(21-10-6-16(14-21)22-11-9-19-20-22)18(7-12-24-13-8-18)15-4-2-1-3-5-15/h1-5,9,11,16H,6-8,10,12-14H2/t16-/m0/s1. The molecule has 0 saturated carbocycles. The van der Waals surface area contributed by atoms with E-state index in [9.17, 15) is 4.79 Å². The summed E-state index contributed by atoms with van der Waals surface area (Å²) in [5, 5.41) is 7.97. The van der Waals surface area contributed by atoms with Crippen LogP contribution in [-0.2, 0) is 14.9 Å². The van der Waals surface area contributed by atoms with Crippen LogP contribution < -0.4 is 0 Å². The molecule has 2 aliphatic heterocycles. The topological polar surface area (TPSA) is 60.2 Å². The summed E-state index contributed by atoms with van der Waals surface area (Å²) in [7, 11) is 0. The first-order chi connectivity index (χ1) is 11.8. The fraction of sp³-hybridized carbons (Fsp3) is 0.500. The fourth-order valence-corrected chi connectivity index (χ4v) is 3.96. The van der Waals surface area contributed by atoms with Crippen LogP contribution in [-0.4, -0.2) is 52.1 Å². The van der Waals surface area contributed by atoms with Crippen LogP contribution >= 0.6 is 0 Å². The quantitative estimate of drug-likeness (QED) is 0.863. The monoisotopic (exact) mass is 326 g/mol. The predicted molar refractivity (Wildman–Crippen MR) is 88.4 cm³/mol. The first-order valence-corrected chi connectivity index (χ1v) is 8.58. The van der Waals surface area contributed by atoms with Crippen molar-refractivity contribution in [3.63, 3.8) is 0 Å². The Labute approximate surface area is 141 Å². The zero-order valence-corrected chi connectivity index (χ0v) is 13.7. The second-order valence-corrected chi connectivity index (χ2v) is 6.64. The molecule has 2 fully saturated rings. The van der Waals surface area contributed by atoms with Crippen LogP contribution in [0.15, 0.2) is 42.7 Å². The van der Waals surface area contributed by atoms with E-state index in [1.165, 1.54) is 0 Å². The van der Waals surface area contributed by atoms with Crippen molar-refractivity contribution in [1.29, 1.82) is 0 Å². The molecule has 24 heavy (non-hydrogen) atoms. The van der Waals surface area contributed by atoms with Crippen molar-refractivity contribution < 1.29 is 9.53 Å². The Bertz CT molecular complexity index is 680. The van der Waals surface area contributed by atoms with Crippen LogP contribution in [0.5, 0.6) is 0 Å². The number of carbonyl (C=O) groups excluding carboxylic acids is 1. The van der Waals surface area contributed by atoms with Gasteiger partial charge in [0.05, 0.1) is 17.7 Å². The minimum absolute atomic E-state index is 0.226. The molecule has 4 rings (SSSR count). The molecule has 1 aromatic carbocycles. The van der Waals surface area contributed by atoms with Gasteiger partial charge in [-0.25, -0.2) is 4.68 Å². The molecular weight excluding hydrogens is 304 g/mol. The molecule has 1 atom stereocenters. The van der Waals surface area contributed by atoms with Gasteiger partial charge < -0.3 is 9.64 Å². The highest BCUT2D eigenvalue weighted by Crippen LogP contribution is 2.38. The van der Waals surface area contributed by atoms with Crippen LogP contribution in [0.1, 0.15) is 30.9 Å². The van der Waals surface area contributed by atoms with Crippen LogP contribution in [0, 0.1) is 0 Å². The van der Waals surface area contributed by atoms with E-state index >= 15 is 0 Å². The Morgan fingerprint density at radius 2 is 2.00 bits per heavy atom. The van der Waals surface area contributed by atoms with E-state index in [1.54, 1.807) is 6.20 Å². The third-order valence-corrected chi connectivity index (χ3v) is 5.35. The summed E-state index contributed by atoms with van der Waals surface area (Å²) in [4.78, 5) is 15.5. The molecule has 0 N–H and O–H groups in total. The first kappa shape index (κ1) is 15.3. The average Bonchev–Trinajstić information content (AvgIpc) is 3.34. The van der Waals surface area contributed by atoms with Gasteiger partial charge in [0.1, 0.15) is 0 Å². The molecule has 0 aliphatic carbocycles. The van der Waals surface area contributed by atoms with E-state index < -0.39 is 5.41 Å². The van der Waals surface area contributed by atoms with E-state index in [0.29, 0.717) is 19.8 Å². The van der Waals surface area contributed by atoms with E-state index in [4.69, 9.17) is 4.74 Å². The Kier molecular flexibility index (Phi) is 4.06. The van der Waals surface area contributed by atoms with Gasteiger partial charge in [0.15, 0.2) is 0 Å². The molecule has 3 heterocycles. The van der Waals surface area contributed by atoms with Crippen molar-refractivity contribution in [3.8, 4) is 0 Å². The van der Waals surface area contributed by atoms with Crippen molar-refractivity contribution in [2.75, 3.05) is 26.3 Å². The Morgan fingerprint density at radius 1 is 1.21 bits per heavy atom. The SMILES string of the molecule is O=C(N1CC[C@H](n2ccnn2)C1)C1(c2ccccc2)CCOCC1. The highest BCUT2D eigenvalue weighted by molar-refractivity contribution is 5.88. The van der Waals surface area contributed by atoms with Gasteiger partial charge in [0, 0.05) is 32.5 Å².